The molecule has 1 aliphatic heterocycles. The third-order valence-electron chi connectivity index (χ3n) is 6.37. The van der Waals surface area contributed by atoms with Gasteiger partial charge in [-0.1, -0.05) is 23.7 Å². The molecule has 0 radical (unpaired) electrons. The van der Waals surface area contributed by atoms with Crippen molar-refractivity contribution < 1.29 is 27.8 Å². The van der Waals surface area contributed by atoms with E-state index in [1.54, 1.807) is 18.2 Å². The molecule has 36 heavy (non-hydrogen) atoms. The number of amides is 1. The minimum absolute atomic E-state index is 0.0306. The molecule has 7 nitrogen and oxygen atoms in total. The lowest BCUT2D eigenvalue weighted by molar-refractivity contribution is 0.0600. The number of hydrogen-bond donors (Lipinski definition) is 1. The van der Waals surface area contributed by atoms with Crippen LogP contribution < -0.4 is 15.0 Å². The fraction of sp³-hybridized carbons (Fsp3) is 0.269. The van der Waals surface area contributed by atoms with Gasteiger partial charge in [-0.15, -0.1) is 0 Å². The maximum absolute atomic E-state index is 13.9. The van der Waals surface area contributed by atoms with E-state index in [1.165, 1.54) is 19.4 Å². The van der Waals surface area contributed by atoms with E-state index in [1.807, 2.05) is 17.0 Å². The van der Waals surface area contributed by atoms with E-state index >= 15 is 0 Å². The molecule has 0 atom stereocenters. The third-order valence-corrected chi connectivity index (χ3v) is 6.58. The lowest BCUT2D eigenvalue weighted by Crippen LogP contribution is -2.55. The quantitative estimate of drug-likeness (QED) is 0.469. The summed E-state index contributed by atoms with van der Waals surface area (Å²) in [7, 11) is 1.32. The SMILES string of the molecule is COC(=O)c1ccc(C2(NC(=O)c3cc(Cl)cnc3N3CC(Oc4ccc(F)cc4F)C3)CC2)cc1. The topological polar surface area (TPSA) is 80.8 Å². The Bertz CT molecular complexity index is 1330. The van der Waals surface area contributed by atoms with Crippen LogP contribution in [0, 0.1) is 11.6 Å². The molecular weight excluding hydrogens is 492 g/mol. The molecule has 1 amide bonds. The lowest BCUT2D eigenvalue weighted by Gasteiger charge is -2.40. The zero-order chi connectivity index (χ0) is 25.4. The molecule has 0 spiro atoms. The minimum Gasteiger partial charge on any atom is -0.484 e. The number of anilines is 1. The smallest absolute Gasteiger partial charge is 0.337 e. The van der Waals surface area contributed by atoms with Crippen LogP contribution in [0.15, 0.2) is 54.7 Å². The van der Waals surface area contributed by atoms with Crippen LogP contribution in [0.25, 0.3) is 0 Å². The van der Waals surface area contributed by atoms with E-state index in [2.05, 4.69) is 10.3 Å². The van der Waals surface area contributed by atoms with Gasteiger partial charge in [0.1, 0.15) is 17.7 Å². The van der Waals surface area contributed by atoms with Crippen molar-refractivity contribution in [2.45, 2.75) is 24.5 Å². The predicted molar refractivity (Wildman–Crippen MR) is 128 cm³/mol. The number of methoxy groups -OCH3 is 1. The monoisotopic (exact) mass is 513 g/mol. The molecule has 0 bridgehead atoms. The fourth-order valence-electron chi connectivity index (χ4n) is 4.23. The molecule has 1 aliphatic carbocycles. The summed E-state index contributed by atoms with van der Waals surface area (Å²) < 4.78 is 37.4. The summed E-state index contributed by atoms with van der Waals surface area (Å²) in [6.07, 6.45) is 2.62. The van der Waals surface area contributed by atoms with Gasteiger partial charge >= 0.3 is 5.97 Å². The lowest BCUT2D eigenvalue weighted by atomic mass is 10.0. The van der Waals surface area contributed by atoms with E-state index in [0.29, 0.717) is 35.1 Å². The van der Waals surface area contributed by atoms with Crippen LogP contribution in [-0.2, 0) is 10.3 Å². The number of carbonyl (C=O) groups excluding carboxylic acids is 2. The molecule has 186 valence electrons. The Morgan fingerprint density at radius 1 is 1.11 bits per heavy atom. The van der Waals surface area contributed by atoms with Crippen molar-refractivity contribution in [3.63, 3.8) is 0 Å². The van der Waals surface area contributed by atoms with Crippen molar-refractivity contribution >= 4 is 29.3 Å². The highest BCUT2D eigenvalue weighted by Crippen LogP contribution is 2.46. The number of esters is 1. The molecule has 1 aromatic heterocycles. The zero-order valence-corrected chi connectivity index (χ0v) is 20.0. The van der Waals surface area contributed by atoms with Crippen molar-refractivity contribution in [1.29, 1.82) is 0 Å². The number of benzene rings is 2. The summed E-state index contributed by atoms with van der Waals surface area (Å²) in [5.74, 6) is -1.80. The number of rotatable bonds is 7. The van der Waals surface area contributed by atoms with Gasteiger partial charge in [-0.05, 0) is 48.7 Å². The summed E-state index contributed by atoms with van der Waals surface area (Å²) in [6.45, 7) is 0.734. The van der Waals surface area contributed by atoms with Gasteiger partial charge in [-0.25, -0.2) is 18.6 Å². The highest BCUT2D eigenvalue weighted by molar-refractivity contribution is 6.31. The average Bonchev–Trinajstić information content (AvgIpc) is 3.62. The molecular formula is C26H22ClF2N3O4. The minimum atomic E-state index is -0.771. The standard InChI is InChI=1S/C26H22ClF2N3O4/c1-35-25(34)15-2-4-16(5-3-15)26(8-9-26)31-24(33)20-10-17(27)12-30-23(20)32-13-19(14-32)36-22-7-6-18(28)11-21(22)29/h2-7,10-12,19H,8-9,13-14H2,1H3,(H,31,33). The molecule has 1 saturated heterocycles. The van der Waals surface area contributed by atoms with E-state index < -0.39 is 23.1 Å². The largest absolute Gasteiger partial charge is 0.484 e. The molecule has 10 heteroatoms. The molecule has 3 aromatic rings. The Labute approximate surface area is 211 Å². The Balaban J connectivity index is 1.28. The Kier molecular flexibility index (Phi) is 6.26. The molecule has 2 fully saturated rings. The molecule has 1 N–H and O–H groups in total. The Morgan fingerprint density at radius 3 is 2.47 bits per heavy atom. The first kappa shape index (κ1) is 24.0. The van der Waals surface area contributed by atoms with E-state index in [0.717, 1.165) is 30.5 Å². The van der Waals surface area contributed by atoms with Crippen LogP contribution in [0.5, 0.6) is 5.75 Å². The summed E-state index contributed by atoms with van der Waals surface area (Å²) in [4.78, 5) is 31.2. The number of ether oxygens (including phenoxy) is 2. The van der Waals surface area contributed by atoms with Gasteiger partial charge in [-0.3, -0.25) is 4.79 Å². The van der Waals surface area contributed by atoms with Gasteiger partial charge in [-0.2, -0.15) is 0 Å². The number of halogens is 3. The fourth-order valence-corrected chi connectivity index (χ4v) is 4.38. The summed E-state index contributed by atoms with van der Waals surface area (Å²) in [5.41, 5.74) is 1.09. The van der Waals surface area contributed by atoms with E-state index in [-0.39, 0.29) is 17.8 Å². The molecule has 1 saturated carbocycles. The number of pyridine rings is 1. The van der Waals surface area contributed by atoms with Crippen LogP contribution in [0.1, 0.15) is 39.1 Å². The van der Waals surface area contributed by atoms with Crippen molar-refractivity contribution in [3.8, 4) is 5.75 Å². The second-order valence-electron chi connectivity index (χ2n) is 8.85. The van der Waals surface area contributed by atoms with Gasteiger partial charge in [0, 0.05) is 12.3 Å². The summed E-state index contributed by atoms with van der Waals surface area (Å²) >= 11 is 6.16. The van der Waals surface area contributed by atoms with Gasteiger partial charge in [0.05, 0.1) is 41.9 Å². The van der Waals surface area contributed by atoms with Crippen LogP contribution >= 0.6 is 11.6 Å². The Hall–Kier alpha value is -3.72. The summed E-state index contributed by atoms with van der Waals surface area (Å²) in [6, 6.07) is 11.7. The second-order valence-corrected chi connectivity index (χ2v) is 9.29. The highest BCUT2D eigenvalue weighted by Gasteiger charge is 2.46. The van der Waals surface area contributed by atoms with Crippen molar-refractivity contribution in [2.24, 2.45) is 0 Å². The van der Waals surface area contributed by atoms with E-state index in [9.17, 15) is 18.4 Å². The average molecular weight is 514 g/mol. The van der Waals surface area contributed by atoms with Gasteiger partial charge < -0.3 is 19.7 Å². The Morgan fingerprint density at radius 2 is 1.83 bits per heavy atom. The van der Waals surface area contributed by atoms with Gasteiger partial charge in [0.2, 0.25) is 0 Å². The maximum atomic E-state index is 13.9. The van der Waals surface area contributed by atoms with Crippen LogP contribution in [0.2, 0.25) is 5.02 Å². The van der Waals surface area contributed by atoms with Crippen molar-refractivity contribution in [3.05, 3.63) is 88.1 Å². The van der Waals surface area contributed by atoms with Crippen LogP contribution in [0.4, 0.5) is 14.6 Å². The predicted octanol–water partition coefficient (Wildman–Crippen LogP) is 4.49. The summed E-state index contributed by atoms with van der Waals surface area (Å²) in [5, 5.41) is 3.42. The number of nitrogens with zero attached hydrogens (tertiary/aromatic N) is 2. The number of carbonyl (C=O) groups is 2. The van der Waals surface area contributed by atoms with Gasteiger partial charge in [0.25, 0.3) is 5.91 Å². The zero-order valence-electron chi connectivity index (χ0n) is 19.3. The van der Waals surface area contributed by atoms with Crippen LogP contribution in [-0.4, -0.2) is 43.2 Å². The number of hydrogen-bond acceptors (Lipinski definition) is 6. The highest BCUT2D eigenvalue weighted by atomic mass is 35.5. The van der Waals surface area contributed by atoms with E-state index in [4.69, 9.17) is 21.1 Å². The van der Waals surface area contributed by atoms with Crippen molar-refractivity contribution in [1.82, 2.24) is 10.3 Å². The normalized spacial score (nSPS) is 16.2. The molecule has 2 aromatic carbocycles. The number of aromatic nitrogens is 1. The molecule has 5 rings (SSSR count). The molecule has 2 aliphatic rings. The first-order valence-corrected chi connectivity index (χ1v) is 11.7. The number of nitrogens with one attached hydrogen (secondary N) is 1. The van der Waals surface area contributed by atoms with Gasteiger partial charge in [0.15, 0.2) is 11.6 Å². The van der Waals surface area contributed by atoms with Crippen molar-refractivity contribution in [2.75, 3.05) is 25.1 Å². The van der Waals surface area contributed by atoms with Crippen LogP contribution in [0.3, 0.4) is 0 Å². The second kappa shape index (κ2) is 9.39. The molecule has 0 unspecified atom stereocenters. The first-order valence-electron chi connectivity index (χ1n) is 11.3. The maximum Gasteiger partial charge on any atom is 0.337 e. The first-order chi connectivity index (χ1) is 17.3. The third kappa shape index (κ3) is 4.70. The molecule has 2 heterocycles.